The second-order valence-corrected chi connectivity index (χ2v) is 3.93. The van der Waals surface area contributed by atoms with Gasteiger partial charge in [0, 0.05) is 10.6 Å². The predicted octanol–water partition coefficient (Wildman–Crippen LogP) is 4.11. The van der Waals surface area contributed by atoms with E-state index in [2.05, 4.69) is 0 Å². The minimum absolute atomic E-state index is 0.358. The molecule has 0 aliphatic carbocycles. The molecule has 1 rings (SSSR count). The molecule has 0 radical (unpaired) electrons. The summed E-state index contributed by atoms with van der Waals surface area (Å²) >= 11 is 5.47. The van der Waals surface area contributed by atoms with Crippen LogP contribution in [0.4, 0.5) is 26.3 Å². The second-order valence-electron chi connectivity index (χ2n) is 3.53. The van der Waals surface area contributed by atoms with Gasteiger partial charge in [-0.2, -0.15) is 26.3 Å². The Kier molecular flexibility index (Phi) is 4.17. The molecule has 0 amide bonds. The molecule has 0 fully saturated rings. The zero-order chi connectivity index (χ0) is 14.1. The van der Waals surface area contributed by atoms with Crippen LogP contribution in [0.2, 0.25) is 5.02 Å². The fraction of sp³-hybridized carbons (Fsp3) is 0.400. The van der Waals surface area contributed by atoms with Crippen molar-refractivity contribution < 1.29 is 31.4 Å². The molecule has 0 bridgehead atoms. The average Bonchev–Trinajstić information content (AvgIpc) is 2.13. The average molecular weight is 293 g/mol. The van der Waals surface area contributed by atoms with E-state index in [9.17, 15) is 31.4 Å². The van der Waals surface area contributed by atoms with Gasteiger partial charge in [0.2, 0.25) is 0 Å². The molecule has 102 valence electrons. The minimum Gasteiger partial charge on any atom is -0.387 e. The van der Waals surface area contributed by atoms with Crippen LogP contribution in [-0.2, 0) is 0 Å². The van der Waals surface area contributed by atoms with Crippen LogP contribution in [-0.4, -0.2) is 17.5 Å². The summed E-state index contributed by atoms with van der Waals surface area (Å²) in [5.41, 5.74) is -0.612. The predicted molar refractivity (Wildman–Crippen MR) is 52.0 cm³/mol. The summed E-state index contributed by atoms with van der Waals surface area (Å²) in [7, 11) is 0. The number of hydrogen-bond donors (Lipinski definition) is 1. The summed E-state index contributed by atoms with van der Waals surface area (Å²) in [6, 6.07) is 4.53. The molecule has 0 aliphatic rings. The van der Waals surface area contributed by atoms with E-state index in [0.29, 0.717) is 0 Å². The van der Waals surface area contributed by atoms with Crippen LogP contribution >= 0.6 is 11.6 Å². The Bertz CT molecular complexity index is 400. The van der Waals surface area contributed by atoms with E-state index >= 15 is 0 Å². The first-order chi connectivity index (χ1) is 8.05. The van der Waals surface area contributed by atoms with Crippen molar-refractivity contribution in [2.45, 2.75) is 18.5 Å². The van der Waals surface area contributed by atoms with Gasteiger partial charge >= 0.3 is 12.4 Å². The van der Waals surface area contributed by atoms with Gasteiger partial charge in [0.25, 0.3) is 0 Å². The SMILES string of the molecule is OC(c1ccccc1Cl)C(C(F)(F)F)C(F)(F)F. The summed E-state index contributed by atoms with van der Waals surface area (Å²) in [4.78, 5) is 0. The van der Waals surface area contributed by atoms with E-state index in [1.807, 2.05) is 0 Å². The Labute approximate surface area is 103 Å². The molecule has 0 saturated carbocycles. The Morgan fingerprint density at radius 3 is 1.78 bits per heavy atom. The number of halogens is 7. The van der Waals surface area contributed by atoms with E-state index in [1.165, 1.54) is 12.1 Å². The number of aliphatic hydroxyl groups is 1. The molecular weight excluding hydrogens is 286 g/mol. The summed E-state index contributed by atoms with van der Waals surface area (Å²) < 4.78 is 74.2. The fourth-order valence-electron chi connectivity index (χ4n) is 1.44. The summed E-state index contributed by atoms with van der Waals surface area (Å²) in [5.74, 6) is -3.87. The molecule has 0 aliphatic heterocycles. The first kappa shape index (κ1) is 15.1. The Morgan fingerprint density at radius 1 is 0.944 bits per heavy atom. The van der Waals surface area contributed by atoms with Crippen LogP contribution in [0.5, 0.6) is 0 Å². The molecule has 0 saturated heterocycles. The van der Waals surface area contributed by atoms with Gasteiger partial charge in [-0.05, 0) is 6.07 Å². The molecule has 0 heterocycles. The van der Waals surface area contributed by atoms with Crippen molar-refractivity contribution in [2.75, 3.05) is 0 Å². The number of alkyl halides is 6. The fourth-order valence-corrected chi connectivity index (χ4v) is 1.69. The quantitative estimate of drug-likeness (QED) is 0.813. The smallest absolute Gasteiger partial charge is 0.387 e. The molecule has 18 heavy (non-hydrogen) atoms. The van der Waals surface area contributed by atoms with E-state index < -0.39 is 29.9 Å². The van der Waals surface area contributed by atoms with Crippen LogP contribution in [0.3, 0.4) is 0 Å². The third-order valence-electron chi connectivity index (χ3n) is 2.24. The van der Waals surface area contributed by atoms with E-state index in [1.54, 1.807) is 0 Å². The Morgan fingerprint density at radius 2 is 1.39 bits per heavy atom. The molecule has 1 nitrogen and oxygen atoms in total. The maximum atomic E-state index is 12.4. The van der Waals surface area contributed by atoms with Crippen molar-refractivity contribution in [1.29, 1.82) is 0 Å². The lowest BCUT2D eigenvalue weighted by Gasteiger charge is -2.27. The van der Waals surface area contributed by atoms with E-state index in [4.69, 9.17) is 11.6 Å². The van der Waals surface area contributed by atoms with Crippen LogP contribution in [0.1, 0.15) is 11.7 Å². The second kappa shape index (κ2) is 4.97. The molecule has 1 aromatic carbocycles. The molecule has 0 spiro atoms. The van der Waals surface area contributed by atoms with Gasteiger partial charge in [-0.15, -0.1) is 0 Å². The standard InChI is InChI=1S/C10H7ClF6O/c11-6-4-2-1-3-5(6)7(18)8(9(12,13)14)10(15,16)17/h1-4,7-8,18H. The van der Waals surface area contributed by atoms with Gasteiger partial charge in [-0.25, -0.2) is 0 Å². The highest BCUT2D eigenvalue weighted by Crippen LogP contribution is 2.47. The van der Waals surface area contributed by atoms with Gasteiger partial charge in [0.05, 0.1) is 0 Å². The maximum absolute atomic E-state index is 12.4. The highest BCUT2D eigenvalue weighted by Gasteiger charge is 2.60. The number of hydrogen-bond acceptors (Lipinski definition) is 1. The molecule has 0 aromatic heterocycles. The van der Waals surface area contributed by atoms with E-state index in [-0.39, 0.29) is 5.02 Å². The normalized spacial score (nSPS) is 14.9. The van der Waals surface area contributed by atoms with Gasteiger partial charge in [-0.1, -0.05) is 29.8 Å². The molecule has 1 aromatic rings. The lowest BCUT2D eigenvalue weighted by molar-refractivity contribution is -0.307. The number of rotatable bonds is 2. The number of aliphatic hydroxyl groups excluding tert-OH is 1. The molecule has 1 N–H and O–H groups in total. The highest BCUT2D eigenvalue weighted by molar-refractivity contribution is 6.31. The minimum atomic E-state index is -5.61. The number of benzene rings is 1. The molecule has 1 unspecified atom stereocenters. The van der Waals surface area contributed by atoms with Crippen molar-refractivity contribution in [2.24, 2.45) is 5.92 Å². The first-order valence-corrected chi connectivity index (χ1v) is 4.99. The van der Waals surface area contributed by atoms with Crippen molar-refractivity contribution in [3.05, 3.63) is 34.9 Å². The van der Waals surface area contributed by atoms with Crippen molar-refractivity contribution in [3.63, 3.8) is 0 Å². The molecular formula is C10H7ClF6O. The largest absolute Gasteiger partial charge is 0.403 e. The summed E-state index contributed by atoms with van der Waals surface area (Å²) in [5, 5.41) is 8.95. The van der Waals surface area contributed by atoms with Gasteiger partial charge < -0.3 is 5.11 Å². The van der Waals surface area contributed by atoms with Crippen molar-refractivity contribution in [1.82, 2.24) is 0 Å². The van der Waals surface area contributed by atoms with Gasteiger partial charge in [0.1, 0.15) is 6.10 Å². The van der Waals surface area contributed by atoms with Crippen LogP contribution < -0.4 is 0 Å². The van der Waals surface area contributed by atoms with Crippen LogP contribution in [0.25, 0.3) is 0 Å². The van der Waals surface area contributed by atoms with Crippen LogP contribution in [0, 0.1) is 5.92 Å². The third-order valence-corrected chi connectivity index (χ3v) is 2.59. The Hall–Kier alpha value is -0.950. The van der Waals surface area contributed by atoms with Gasteiger partial charge in [0.15, 0.2) is 5.92 Å². The van der Waals surface area contributed by atoms with Crippen molar-refractivity contribution in [3.8, 4) is 0 Å². The highest BCUT2D eigenvalue weighted by atomic mass is 35.5. The molecule has 8 heteroatoms. The van der Waals surface area contributed by atoms with Crippen LogP contribution in [0.15, 0.2) is 24.3 Å². The monoisotopic (exact) mass is 292 g/mol. The molecule has 1 atom stereocenters. The Balaban J connectivity index is 3.20. The summed E-state index contributed by atoms with van der Waals surface area (Å²) in [6.07, 6.45) is -14.0. The third kappa shape index (κ3) is 3.29. The lowest BCUT2D eigenvalue weighted by Crippen LogP contribution is -2.41. The lowest BCUT2D eigenvalue weighted by atomic mass is 9.94. The first-order valence-electron chi connectivity index (χ1n) is 4.61. The van der Waals surface area contributed by atoms with E-state index in [0.717, 1.165) is 12.1 Å². The maximum Gasteiger partial charge on any atom is 0.403 e. The van der Waals surface area contributed by atoms with Crippen molar-refractivity contribution >= 4 is 11.6 Å². The zero-order valence-electron chi connectivity index (χ0n) is 8.56. The zero-order valence-corrected chi connectivity index (χ0v) is 9.31. The topological polar surface area (TPSA) is 20.2 Å². The summed E-state index contributed by atoms with van der Waals surface area (Å²) in [6.45, 7) is 0. The van der Waals surface area contributed by atoms with Gasteiger partial charge in [-0.3, -0.25) is 0 Å².